The summed E-state index contributed by atoms with van der Waals surface area (Å²) in [5.41, 5.74) is 0.000550. The summed E-state index contributed by atoms with van der Waals surface area (Å²) >= 11 is 1.90. The van der Waals surface area contributed by atoms with Crippen LogP contribution in [0.5, 0.6) is 0 Å². The average Bonchev–Trinajstić information content (AvgIpc) is 2.73. The van der Waals surface area contributed by atoms with E-state index in [0.29, 0.717) is 9.26 Å². The Balaban J connectivity index is 2.16. The number of anilines is 1. The van der Waals surface area contributed by atoms with Gasteiger partial charge in [0.2, 0.25) is 5.91 Å². The smallest absolute Gasteiger partial charge is 0.244 e. The van der Waals surface area contributed by atoms with E-state index in [1.165, 1.54) is 6.07 Å². The van der Waals surface area contributed by atoms with Crippen molar-refractivity contribution < 1.29 is 9.18 Å². The summed E-state index contributed by atoms with van der Waals surface area (Å²) in [7, 11) is 0. The lowest BCUT2D eigenvalue weighted by Crippen LogP contribution is -2.48. The summed E-state index contributed by atoms with van der Waals surface area (Å²) in [6.07, 6.45) is 1.80. The minimum absolute atomic E-state index is 0.0986. The zero-order valence-electron chi connectivity index (χ0n) is 9.52. The lowest BCUT2D eigenvalue weighted by atomic mass is 9.99. The summed E-state index contributed by atoms with van der Waals surface area (Å²) in [5, 5.41) is 5.96. The summed E-state index contributed by atoms with van der Waals surface area (Å²) in [4.78, 5) is 12.1. The Bertz CT molecular complexity index is 444. The monoisotopic (exact) mass is 348 g/mol. The molecular formula is C12H14FIN2O. The van der Waals surface area contributed by atoms with E-state index < -0.39 is 5.54 Å². The van der Waals surface area contributed by atoms with E-state index in [1.54, 1.807) is 12.1 Å². The van der Waals surface area contributed by atoms with Crippen molar-refractivity contribution in [2.45, 2.75) is 25.3 Å². The van der Waals surface area contributed by atoms with Crippen molar-refractivity contribution in [2.75, 3.05) is 11.9 Å². The van der Waals surface area contributed by atoms with Crippen molar-refractivity contribution in [1.82, 2.24) is 5.32 Å². The molecule has 1 aromatic rings. The molecule has 5 heteroatoms. The molecule has 17 heavy (non-hydrogen) atoms. The van der Waals surface area contributed by atoms with Gasteiger partial charge in [-0.1, -0.05) is 6.07 Å². The fourth-order valence-electron chi connectivity index (χ4n) is 1.95. The molecule has 1 saturated heterocycles. The Morgan fingerprint density at radius 1 is 1.59 bits per heavy atom. The van der Waals surface area contributed by atoms with Crippen LogP contribution < -0.4 is 10.6 Å². The summed E-state index contributed by atoms with van der Waals surface area (Å²) in [6.45, 7) is 2.73. The van der Waals surface area contributed by atoms with Crippen LogP contribution in [-0.2, 0) is 4.79 Å². The third kappa shape index (κ3) is 2.60. The number of benzene rings is 1. The minimum atomic E-state index is -0.532. The number of hydrogen-bond donors (Lipinski definition) is 2. The van der Waals surface area contributed by atoms with Gasteiger partial charge in [0.25, 0.3) is 0 Å². The van der Waals surface area contributed by atoms with Gasteiger partial charge in [0.15, 0.2) is 0 Å². The number of carbonyl (C=O) groups is 1. The second-order valence-electron chi connectivity index (χ2n) is 4.42. The van der Waals surface area contributed by atoms with Crippen LogP contribution in [0.3, 0.4) is 0 Å². The second kappa shape index (κ2) is 4.89. The molecular weight excluding hydrogens is 334 g/mol. The Labute approximate surface area is 113 Å². The van der Waals surface area contributed by atoms with Gasteiger partial charge in [-0.3, -0.25) is 4.79 Å². The van der Waals surface area contributed by atoms with Crippen molar-refractivity contribution in [1.29, 1.82) is 0 Å². The summed E-state index contributed by atoms with van der Waals surface area (Å²) < 4.78 is 13.8. The van der Waals surface area contributed by atoms with Crippen molar-refractivity contribution in [3.05, 3.63) is 27.6 Å². The highest BCUT2D eigenvalue weighted by Gasteiger charge is 2.36. The zero-order valence-corrected chi connectivity index (χ0v) is 11.7. The van der Waals surface area contributed by atoms with Gasteiger partial charge in [0, 0.05) is 0 Å². The van der Waals surface area contributed by atoms with Gasteiger partial charge in [-0.25, -0.2) is 4.39 Å². The fraction of sp³-hybridized carbons (Fsp3) is 0.417. The Kier molecular flexibility index (Phi) is 3.67. The third-order valence-electron chi connectivity index (χ3n) is 3.07. The molecule has 1 aromatic carbocycles. The Morgan fingerprint density at radius 3 is 3.00 bits per heavy atom. The van der Waals surface area contributed by atoms with Crippen LogP contribution in [0, 0.1) is 9.39 Å². The quantitative estimate of drug-likeness (QED) is 0.807. The number of rotatable bonds is 2. The second-order valence-corrected chi connectivity index (χ2v) is 5.50. The van der Waals surface area contributed by atoms with Crippen molar-refractivity contribution in [3.63, 3.8) is 0 Å². The van der Waals surface area contributed by atoms with Gasteiger partial charge in [-0.2, -0.15) is 0 Å². The van der Waals surface area contributed by atoms with Gasteiger partial charge in [0.1, 0.15) is 5.82 Å². The molecule has 1 unspecified atom stereocenters. The van der Waals surface area contributed by atoms with Crippen molar-refractivity contribution >= 4 is 34.2 Å². The van der Waals surface area contributed by atoms with Crippen molar-refractivity contribution in [2.24, 2.45) is 0 Å². The molecule has 1 amide bonds. The highest BCUT2D eigenvalue weighted by molar-refractivity contribution is 14.1. The molecule has 0 aliphatic carbocycles. The number of nitrogens with one attached hydrogen (secondary N) is 2. The maximum atomic E-state index is 13.3. The topological polar surface area (TPSA) is 41.1 Å². The number of carbonyl (C=O) groups excluding carboxylic acids is 1. The highest BCUT2D eigenvalue weighted by atomic mass is 127. The fourth-order valence-corrected chi connectivity index (χ4v) is 2.44. The normalized spacial score (nSPS) is 23.7. The molecule has 1 aliphatic heterocycles. The predicted octanol–water partition coefficient (Wildman–Crippen LogP) is 2.51. The first-order chi connectivity index (χ1) is 8.03. The van der Waals surface area contributed by atoms with E-state index >= 15 is 0 Å². The molecule has 0 radical (unpaired) electrons. The third-order valence-corrected chi connectivity index (χ3v) is 4.17. The molecule has 2 rings (SSSR count). The first kappa shape index (κ1) is 12.8. The lowest BCUT2D eigenvalue weighted by molar-refractivity contribution is -0.121. The Hall–Kier alpha value is -0.690. The van der Waals surface area contributed by atoms with E-state index in [4.69, 9.17) is 0 Å². The first-order valence-corrected chi connectivity index (χ1v) is 6.61. The lowest BCUT2D eigenvalue weighted by Gasteiger charge is -2.23. The van der Waals surface area contributed by atoms with Crippen LogP contribution in [0.1, 0.15) is 19.8 Å². The summed E-state index contributed by atoms with van der Waals surface area (Å²) in [5.74, 6) is -0.411. The summed E-state index contributed by atoms with van der Waals surface area (Å²) in [6, 6.07) is 4.69. The van der Waals surface area contributed by atoms with Crippen LogP contribution in [0.2, 0.25) is 0 Å². The van der Waals surface area contributed by atoms with E-state index in [0.717, 1.165) is 19.4 Å². The molecule has 0 aromatic heterocycles. The van der Waals surface area contributed by atoms with Crippen molar-refractivity contribution in [3.8, 4) is 0 Å². The standard InChI is InChI=1S/C12H14FIN2O/c1-12(6-3-7-15-12)11(17)16-9-5-2-4-8(13)10(9)14/h2,4-5,15H,3,6-7H2,1H3,(H,16,17). The molecule has 0 saturated carbocycles. The largest absolute Gasteiger partial charge is 0.323 e. The Morgan fingerprint density at radius 2 is 2.35 bits per heavy atom. The zero-order chi connectivity index (χ0) is 12.5. The molecule has 1 aliphatic rings. The van der Waals surface area contributed by atoms with Gasteiger partial charge in [0.05, 0.1) is 14.8 Å². The molecule has 3 nitrogen and oxygen atoms in total. The molecule has 0 spiro atoms. The average molecular weight is 348 g/mol. The molecule has 1 heterocycles. The highest BCUT2D eigenvalue weighted by Crippen LogP contribution is 2.24. The van der Waals surface area contributed by atoms with Gasteiger partial charge < -0.3 is 10.6 Å². The number of hydrogen-bond acceptors (Lipinski definition) is 2. The predicted molar refractivity (Wildman–Crippen MR) is 73.4 cm³/mol. The molecule has 1 fully saturated rings. The SMILES string of the molecule is CC1(C(=O)Nc2cccc(F)c2I)CCCN1. The van der Waals surface area contributed by atoms with Gasteiger partial charge in [-0.15, -0.1) is 0 Å². The van der Waals surface area contributed by atoms with Crippen LogP contribution in [0.4, 0.5) is 10.1 Å². The maximum absolute atomic E-state index is 13.3. The van der Waals surface area contributed by atoms with E-state index in [1.807, 2.05) is 29.5 Å². The van der Waals surface area contributed by atoms with Gasteiger partial charge in [-0.05, 0) is 61.0 Å². The van der Waals surface area contributed by atoms with Crippen LogP contribution >= 0.6 is 22.6 Å². The minimum Gasteiger partial charge on any atom is -0.323 e. The number of amides is 1. The number of halogens is 2. The molecule has 0 bridgehead atoms. The first-order valence-electron chi connectivity index (χ1n) is 5.53. The maximum Gasteiger partial charge on any atom is 0.244 e. The van der Waals surface area contributed by atoms with E-state index in [9.17, 15) is 9.18 Å². The molecule has 92 valence electrons. The molecule has 2 N–H and O–H groups in total. The van der Waals surface area contributed by atoms with Crippen LogP contribution in [0.25, 0.3) is 0 Å². The van der Waals surface area contributed by atoms with Crippen LogP contribution in [0.15, 0.2) is 18.2 Å². The van der Waals surface area contributed by atoms with E-state index in [-0.39, 0.29) is 11.7 Å². The van der Waals surface area contributed by atoms with Crippen LogP contribution in [-0.4, -0.2) is 18.0 Å². The van der Waals surface area contributed by atoms with E-state index in [2.05, 4.69) is 10.6 Å². The van der Waals surface area contributed by atoms with Gasteiger partial charge >= 0.3 is 0 Å². The molecule has 1 atom stereocenters.